The molecule has 2 aromatic heterocycles. The first-order valence-corrected chi connectivity index (χ1v) is 13.3. The number of sulfonamides is 1. The number of carboxylic acid groups (broad SMARTS) is 1. The molecule has 40 heavy (non-hydrogen) atoms. The summed E-state index contributed by atoms with van der Waals surface area (Å²) >= 11 is 0.617. The third-order valence-electron chi connectivity index (χ3n) is 5.95. The summed E-state index contributed by atoms with van der Waals surface area (Å²) in [4.78, 5) is 14.4. The van der Waals surface area contributed by atoms with Crippen molar-refractivity contribution >= 4 is 43.9 Å². The number of benzene rings is 2. The van der Waals surface area contributed by atoms with E-state index in [1.165, 1.54) is 19.1 Å². The Hall–Kier alpha value is -4.98. The number of hydrogen-bond donors (Lipinski definition) is 11. The van der Waals surface area contributed by atoms with Gasteiger partial charge >= 0.3 is 5.97 Å². The highest BCUT2D eigenvalue weighted by atomic mass is 32.2. The summed E-state index contributed by atoms with van der Waals surface area (Å²) in [6.07, 6.45) is -0.582. The molecule has 2 aromatic carbocycles. The topological polar surface area (TPSA) is 267 Å². The van der Waals surface area contributed by atoms with Gasteiger partial charge < -0.3 is 51.6 Å². The van der Waals surface area contributed by atoms with Gasteiger partial charge in [-0.1, -0.05) is 11.8 Å². The van der Waals surface area contributed by atoms with Gasteiger partial charge in [-0.3, -0.25) is 4.79 Å². The maximum atomic E-state index is 13.0. The second kappa shape index (κ2) is 9.96. The molecular weight excluding hydrogens is 570 g/mol. The first-order chi connectivity index (χ1) is 18.6. The molecule has 0 saturated carbocycles. The fourth-order valence-electron chi connectivity index (χ4n) is 3.79. The number of anilines is 1. The van der Waals surface area contributed by atoms with Crippen molar-refractivity contribution in [3.63, 3.8) is 0 Å². The van der Waals surface area contributed by atoms with Gasteiger partial charge in [0, 0.05) is 22.9 Å². The molecular formula is C24H21N3O11S2. The highest BCUT2D eigenvalue weighted by molar-refractivity contribution is 7.91. The second-order valence-electron chi connectivity index (χ2n) is 8.52. The van der Waals surface area contributed by atoms with E-state index in [-0.39, 0.29) is 36.8 Å². The van der Waals surface area contributed by atoms with E-state index in [4.69, 9.17) is 5.73 Å². The van der Waals surface area contributed by atoms with Crippen LogP contribution in [0.5, 0.6) is 40.4 Å². The summed E-state index contributed by atoms with van der Waals surface area (Å²) in [6, 6.07) is 1.78. The smallest absolute Gasteiger partial charge is 0.322 e. The van der Waals surface area contributed by atoms with Crippen LogP contribution >= 0.6 is 11.3 Å². The van der Waals surface area contributed by atoms with E-state index in [1.807, 2.05) is 4.72 Å². The molecule has 0 saturated heterocycles. The van der Waals surface area contributed by atoms with Crippen molar-refractivity contribution in [2.24, 2.45) is 0 Å². The van der Waals surface area contributed by atoms with Gasteiger partial charge in [-0.2, -0.15) is 4.72 Å². The lowest BCUT2D eigenvalue weighted by atomic mass is 10.0. The summed E-state index contributed by atoms with van der Waals surface area (Å²) < 4.78 is 27.6. The molecule has 16 heteroatoms. The van der Waals surface area contributed by atoms with Crippen LogP contribution in [0.1, 0.15) is 21.6 Å². The van der Waals surface area contributed by atoms with Crippen molar-refractivity contribution in [2.45, 2.75) is 23.6 Å². The Bertz CT molecular complexity index is 1840. The van der Waals surface area contributed by atoms with Crippen molar-refractivity contribution in [3.8, 4) is 52.2 Å². The largest absolute Gasteiger partial charge is 0.504 e. The SMILES string of the molecule is Cc1c(O)c(O)c(C#Cc2ccc(S(=O)(=O)NC(Cc3c(O)[nH]c4c(O)c(O)c(N)cc34)C(=O)O)s2)c(O)c1O. The van der Waals surface area contributed by atoms with Gasteiger partial charge in [-0.05, 0) is 25.1 Å². The van der Waals surface area contributed by atoms with Gasteiger partial charge in [-0.25, -0.2) is 8.42 Å². The van der Waals surface area contributed by atoms with Crippen molar-refractivity contribution in [1.29, 1.82) is 0 Å². The van der Waals surface area contributed by atoms with Crippen LogP contribution in [0.4, 0.5) is 5.69 Å². The number of aromatic nitrogens is 1. The molecule has 0 aliphatic heterocycles. The Kier molecular flexibility index (Phi) is 6.98. The van der Waals surface area contributed by atoms with E-state index < -0.39 is 74.4 Å². The summed E-state index contributed by atoms with van der Waals surface area (Å²) in [6.45, 7) is 1.25. The molecule has 4 aromatic rings. The number of aromatic amines is 1. The number of rotatable bonds is 6. The van der Waals surface area contributed by atoms with Crippen molar-refractivity contribution in [1.82, 2.24) is 9.71 Å². The van der Waals surface area contributed by atoms with Crippen molar-refractivity contribution < 1.29 is 54.1 Å². The van der Waals surface area contributed by atoms with Crippen LogP contribution in [-0.4, -0.2) is 66.3 Å². The Morgan fingerprint density at radius 2 is 1.62 bits per heavy atom. The van der Waals surface area contributed by atoms with E-state index in [2.05, 4.69) is 16.8 Å². The average Bonchev–Trinajstić information content (AvgIpc) is 3.50. The number of nitrogens with one attached hydrogen (secondary N) is 2. The summed E-state index contributed by atoms with van der Waals surface area (Å²) in [5.41, 5.74) is 4.47. The summed E-state index contributed by atoms with van der Waals surface area (Å²) in [7, 11) is -4.46. The van der Waals surface area contributed by atoms with Gasteiger partial charge in [0.2, 0.25) is 0 Å². The standard InChI is InChI=1S/C24H21N3O11S2/c1-8-17(28)19(30)10(20(31)18(8)29)4-2-9-3-5-15(39-9)40(37,38)27-14(24(35)36)7-12-11-6-13(25)21(32)22(33)16(11)26-23(12)34/h3,5-6,14,26-34H,7,25H2,1H3,(H,35,36). The lowest BCUT2D eigenvalue weighted by Gasteiger charge is -2.14. The highest BCUT2D eigenvalue weighted by Gasteiger charge is 2.30. The highest BCUT2D eigenvalue weighted by Crippen LogP contribution is 2.45. The Morgan fingerprint density at radius 1 is 1.00 bits per heavy atom. The summed E-state index contributed by atoms with van der Waals surface area (Å²) in [5, 5.41) is 79.8. The fourth-order valence-corrected chi connectivity index (χ4v) is 6.16. The number of nitrogen functional groups attached to an aromatic ring is 1. The Labute approximate surface area is 228 Å². The van der Waals surface area contributed by atoms with Crippen LogP contribution in [0.25, 0.3) is 10.9 Å². The molecule has 12 N–H and O–H groups in total. The molecule has 210 valence electrons. The molecule has 0 amide bonds. The normalized spacial score (nSPS) is 12.2. The molecule has 0 bridgehead atoms. The number of carboxylic acids is 1. The summed E-state index contributed by atoms with van der Waals surface area (Å²) in [5.74, 6) is -1.65. The maximum absolute atomic E-state index is 13.0. The van der Waals surface area contributed by atoms with Crippen LogP contribution in [0.15, 0.2) is 22.4 Å². The van der Waals surface area contributed by atoms with Crippen LogP contribution < -0.4 is 10.5 Å². The number of carbonyl (C=O) groups is 1. The molecule has 14 nitrogen and oxygen atoms in total. The van der Waals surface area contributed by atoms with Crippen molar-refractivity contribution in [3.05, 3.63) is 39.8 Å². The molecule has 0 fully saturated rings. The molecule has 1 unspecified atom stereocenters. The average molecular weight is 592 g/mol. The second-order valence-corrected chi connectivity index (χ2v) is 11.5. The van der Waals surface area contributed by atoms with Gasteiger partial charge in [0.1, 0.15) is 15.8 Å². The predicted molar refractivity (Wildman–Crippen MR) is 141 cm³/mol. The molecule has 0 radical (unpaired) electrons. The van der Waals surface area contributed by atoms with Crippen LogP contribution in [-0.2, 0) is 21.2 Å². The van der Waals surface area contributed by atoms with Crippen molar-refractivity contribution in [2.75, 3.05) is 5.73 Å². The minimum absolute atomic E-state index is 0.0594. The lowest BCUT2D eigenvalue weighted by molar-refractivity contribution is -0.138. The van der Waals surface area contributed by atoms with Crippen LogP contribution in [0.3, 0.4) is 0 Å². The lowest BCUT2D eigenvalue weighted by Crippen LogP contribution is -2.42. The van der Waals surface area contributed by atoms with Crippen LogP contribution in [0, 0.1) is 18.8 Å². The predicted octanol–water partition coefficient (Wildman–Crippen LogP) is 1.43. The first-order valence-electron chi connectivity index (χ1n) is 11.0. The van der Waals surface area contributed by atoms with E-state index >= 15 is 0 Å². The number of hydrogen-bond acceptors (Lipinski definition) is 12. The number of phenols is 6. The zero-order valence-electron chi connectivity index (χ0n) is 20.2. The minimum Gasteiger partial charge on any atom is -0.504 e. The number of nitrogens with two attached hydrogens (primary N) is 1. The number of fused-ring (bicyclic) bond motifs is 1. The van der Waals surface area contributed by atoms with Gasteiger partial charge in [0.05, 0.1) is 16.1 Å². The Morgan fingerprint density at radius 3 is 2.23 bits per heavy atom. The molecule has 2 heterocycles. The number of thiophene rings is 1. The molecule has 0 aliphatic rings. The number of aromatic hydroxyl groups is 7. The number of H-pyrrole nitrogens is 1. The molecule has 4 rings (SSSR count). The minimum atomic E-state index is -4.46. The molecule has 0 spiro atoms. The number of phenolic OH excluding ortho intramolecular Hbond substituents is 6. The van der Waals surface area contributed by atoms with E-state index in [9.17, 15) is 54.1 Å². The zero-order valence-corrected chi connectivity index (χ0v) is 21.8. The third kappa shape index (κ3) is 4.80. The monoisotopic (exact) mass is 591 g/mol. The fraction of sp³-hybridized carbons (Fsp3) is 0.125. The van der Waals surface area contributed by atoms with E-state index in [1.54, 1.807) is 0 Å². The maximum Gasteiger partial charge on any atom is 0.322 e. The Balaban J connectivity index is 1.62. The van der Waals surface area contributed by atoms with E-state index in [0.29, 0.717) is 11.3 Å². The first kappa shape index (κ1) is 28.0. The molecule has 1 atom stereocenters. The molecule has 0 aliphatic carbocycles. The third-order valence-corrected chi connectivity index (χ3v) is 8.92. The zero-order chi connectivity index (χ0) is 29.7. The van der Waals surface area contributed by atoms with E-state index in [0.717, 1.165) is 6.07 Å². The van der Waals surface area contributed by atoms with Gasteiger partial charge in [0.15, 0.2) is 40.4 Å². The number of aliphatic carboxylic acids is 1. The van der Waals surface area contributed by atoms with Gasteiger partial charge in [0.25, 0.3) is 10.0 Å². The quantitative estimate of drug-likeness (QED) is 0.0658. The van der Waals surface area contributed by atoms with Crippen LogP contribution in [0.2, 0.25) is 0 Å². The van der Waals surface area contributed by atoms with Gasteiger partial charge in [-0.15, -0.1) is 11.3 Å².